The van der Waals surface area contributed by atoms with E-state index in [1.54, 1.807) is 41.7 Å². The van der Waals surface area contributed by atoms with Crippen molar-refractivity contribution in [1.82, 2.24) is 20.1 Å². The smallest absolute Gasteiger partial charge is 0.243 e. The number of carbonyl (C=O) groups excluding carboxylic acids is 1. The van der Waals surface area contributed by atoms with Crippen LogP contribution in [0, 0.1) is 0 Å². The first-order valence-electron chi connectivity index (χ1n) is 8.58. The van der Waals surface area contributed by atoms with Gasteiger partial charge >= 0.3 is 0 Å². The van der Waals surface area contributed by atoms with Crippen LogP contribution in [-0.4, -0.2) is 67.4 Å². The normalized spacial score (nSPS) is 12.7. The molecule has 6 nitrogen and oxygen atoms in total. The number of guanidine groups is 1. The summed E-state index contributed by atoms with van der Waals surface area (Å²) in [5, 5.41) is 8.59. The number of hydrogen-bond acceptors (Lipinski definition) is 5. The Hall–Kier alpha value is -1.93. The molecule has 142 valence electrons. The summed E-state index contributed by atoms with van der Waals surface area (Å²) in [6.07, 6.45) is 2.77. The lowest BCUT2D eigenvalue weighted by atomic mass is 10.2. The summed E-state index contributed by atoms with van der Waals surface area (Å²) in [6.45, 7) is 3.87. The lowest BCUT2D eigenvalue weighted by Gasteiger charge is -2.25. The third-order valence-corrected chi connectivity index (χ3v) is 5.82. The minimum absolute atomic E-state index is 0.0103. The Morgan fingerprint density at radius 2 is 2.12 bits per heavy atom. The second kappa shape index (κ2) is 10.3. The predicted octanol–water partition coefficient (Wildman–Crippen LogP) is 2.52. The molecule has 0 aliphatic rings. The predicted molar refractivity (Wildman–Crippen MR) is 110 cm³/mol. The molecular weight excluding hydrogens is 366 g/mol. The van der Waals surface area contributed by atoms with Crippen LogP contribution in [0.15, 0.2) is 34.1 Å². The third kappa shape index (κ3) is 6.42. The van der Waals surface area contributed by atoms with Crippen molar-refractivity contribution in [2.24, 2.45) is 4.99 Å². The summed E-state index contributed by atoms with van der Waals surface area (Å²) in [5.74, 6) is 1.04. The van der Waals surface area contributed by atoms with Crippen LogP contribution in [0.1, 0.15) is 22.7 Å². The Kier molecular flexibility index (Phi) is 8.06. The van der Waals surface area contributed by atoms with Crippen LogP contribution in [0.25, 0.3) is 0 Å². The molecule has 0 fully saturated rings. The van der Waals surface area contributed by atoms with E-state index in [1.807, 2.05) is 18.6 Å². The SMILES string of the molecule is CC(CN(C)C(=NCC(=O)N(C)C)NCCc1cccs1)c1nccs1. The summed E-state index contributed by atoms with van der Waals surface area (Å²) < 4.78 is 0. The van der Waals surface area contributed by atoms with E-state index in [4.69, 9.17) is 0 Å². The van der Waals surface area contributed by atoms with Crippen molar-refractivity contribution in [3.8, 4) is 0 Å². The fourth-order valence-electron chi connectivity index (χ4n) is 2.40. The molecule has 26 heavy (non-hydrogen) atoms. The van der Waals surface area contributed by atoms with Gasteiger partial charge in [-0.3, -0.25) is 4.79 Å². The number of thiazole rings is 1. The van der Waals surface area contributed by atoms with E-state index in [9.17, 15) is 4.79 Å². The van der Waals surface area contributed by atoms with Crippen molar-refractivity contribution in [2.75, 3.05) is 40.8 Å². The Morgan fingerprint density at radius 3 is 2.73 bits per heavy atom. The van der Waals surface area contributed by atoms with Gasteiger partial charge in [0.25, 0.3) is 0 Å². The van der Waals surface area contributed by atoms with E-state index in [2.05, 4.69) is 44.6 Å². The van der Waals surface area contributed by atoms with Crippen molar-refractivity contribution in [2.45, 2.75) is 19.3 Å². The topological polar surface area (TPSA) is 60.8 Å². The zero-order valence-corrected chi connectivity index (χ0v) is 17.4. The highest BCUT2D eigenvalue weighted by atomic mass is 32.1. The Balaban J connectivity index is 1.97. The molecule has 0 bridgehead atoms. The number of likely N-dealkylation sites (N-methyl/N-ethyl adjacent to an activating group) is 2. The summed E-state index contributed by atoms with van der Waals surface area (Å²) in [6, 6.07) is 4.19. The van der Waals surface area contributed by atoms with Crippen LogP contribution in [0.5, 0.6) is 0 Å². The maximum absolute atomic E-state index is 11.9. The standard InChI is InChI=1S/C18H27N5OS2/c1-14(17-19-9-11-26-17)13-23(4)18(21-12-16(24)22(2)3)20-8-7-15-6-5-10-25-15/h5-6,9-11,14H,7-8,12-13H2,1-4H3,(H,20,21). The van der Waals surface area contributed by atoms with E-state index >= 15 is 0 Å². The van der Waals surface area contributed by atoms with Gasteiger partial charge in [0.15, 0.2) is 5.96 Å². The Morgan fingerprint density at radius 1 is 1.31 bits per heavy atom. The first-order valence-corrected chi connectivity index (χ1v) is 10.3. The minimum atomic E-state index is -0.0103. The maximum atomic E-state index is 11.9. The van der Waals surface area contributed by atoms with Crippen molar-refractivity contribution in [3.05, 3.63) is 39.0 Å². The van der Waals surface area contributed by atoms with Gasteiger partial charge in [-0.2, -0.15) is 0 Å². The lowest BCUT2D eigenvalue weighted by molar-refractivity contribution is -0.127. The van der Waals surface area contributed by atoms with Gasteiger partial charge in [0, 0.05) is 56.6 Å². The molecular formula is C18H27N5OS2. The minimum Gasteiger partial charge on any atom is -0.356 e. The third-order valence-electron chi connectivity index (χ3n) is 3.88. The molecule has 8 heteroatoms. The molecule has 1 amide bonds. The number of nitrogens with zero attached hydrogens (tertiary/aromatic N) is 4. The van der Waals surface area contributed by atoms with Gasteiger partial charge in [0.1, 0.15) is 6.54 Å². The summed E-state index contributed by atoms with van der Waals surface area (Å²) in [7, 11) is 5.49. The van der Waals surface area contributed by atoms with E-state index < -0.39 is 0 Å². The number of aliphatic imine (C=N–C) groups is 1. The molecule has 2 rings (SSSR count). The van der Waals surface area contributed by atoms with E-state index in [0.717, 1.165) is 30.5 Å². The van der Waals surface area contributed by atoms with Crippen LogP contribution < -0.4 is 5.32 Å². The number of rotatable bonds is 8. The van der Waals surface area contributed by atoms with Gasteiger partial charge in [-0.15, -0.1) is 22.7 Å². The average molecular weight is 394 g/mol. The van der Waals surface area contributed by atoms with Gasteiger partial charge in [0.2, 0.25) is 5.91 Å². The first-order chi connectivity index (χ1) is 12.5. The molecule has 1 unspecified atom stereocenters. The van der Waals surface area contributed by atoms with Crippen molar-refractivity contribution in [1.29, 1.82) is 0 Å². The molecule has 0 aliphatic heterocycles. The van der Waals surface area contributed by atoms with Gasteiger partial charge < -0.3 is 15.1 Å². The van der Waals surface area contributed by atoms with Crippen LogP contribution in [0.3, 0.4) is 0 Å². The van der Waals surface area contributed by atoms with E-state index in [0.29, 0.717) is 5.92 Å². The van der Waals surface area contributed by atoms with Crippen LogP contribution >= 0.6 is 22.7 Å². The molecule has 0 radical (unpaired) electrons. The zero-order valence-electron chi connectivity index (χ0n) is 15.8. The van der Waals surface area contributed by atoms with Crippen LogP contribution in [0.4, 0.5) is 0 Å². The molecule has 2 aromatic heterocycles. The monoisotopic (exact) mass is 393 g/mol. The van der Waals surface area contributed by atoms with Gasteiger partial charge in [-0.25, -0.2) is 9.98 Å². The van der Waals surface area contributed by atoms with Crippen molar-refractivity contribution >= 4 is 34.5 Å². The number of nitrogens with one attached hydrogen (secondary N) is 1. The summed E-state index contributed by atoms with van der Waals surface area (Å²) in [4.78, 5) is 25.8. The second-order valence-electron chi connectivity index (χ2n) is 6.34. The lowest BCUT2D eigenvalue weighted by Crippen LogP contribution is -2.42. The highest BCUT2D eigenvalue weighted by molar-refractivity contribution is 7.10. The molecule has 1 atom stereocenters. The van der Waals surface area contributed by atoms with E-state index in [-0.39, 0.29) is 12.5 Å². The largest absolute Gasteiger partial charge is 0.356 e. The van der Waals surface area contributed by atoms with Crippen LogP contribution in [-0.2, 0) is 11.2 Å². The van der Waals surface area contributed by atoms with Crippen molar-refractivity contribution in [3.63, 3.8) is 0 Å². The maximum Gasteiger partial charge on any atom is 0.243 e. The van der Waals surface area contributed by atoms with Gasteiger partial charge in [-0.1, -0.05) is 13.0 Å². The molecule has 0 aliphatic carbocycles. The molecule has 0 saturated carbocycles. The van der Waals surface area contributed by atoms with Gasteiger partial charge in [0.05, 0.1) is 5.01 Å². The van der Waals surface area contributed by atoms with Crippen LogP contribution in [0.2, 0.25) is 0 Å². The molecule has 0 spiro atoms. The highest BCUT2D eigenvalue weighted by Gasteiger charge is 2.15. The number of aromatic nitrogens is 1. The summed E-state index contributed by atoms with van der Waals surface area (Å²) in [5.41, 5.74) is 0. The second-order valence-corrected chi connectivity index (χ2v) is 8.29. The van der Waals surface area contributed by atoms with E-state index in [1.165, 1.54) is 4.88 Å². The molecule has 2 heterocycles. The molecule has 1 N–H and O–H groups in total. The fraction of sp³-hybridized carbons (Fsp3) is 0.500. The first kappa shape index (κ1) is 20.4. The molecule has 2 aromatic rings. The van der Waals surface area contributed by atoms with Crippen molar-refractivity contribution < 1.29 is 4.79 Å². The fourth-order valence-corrected chi connectivity index (χ4v) is 3.80. The number of thiophene rings is 1. The van der Waals surface area contributed by atoms with Gasteiger partial charge in [-0.05, 0) is 17.9 Å². The Bertz CT molecular complexity index is 683. The number of carbonyl (C=O) groups is 1. The summed E-state index contributed by atoms with van der Waals surface area (Å²) >= 11 is 3.42. The molecule has 0 saturated heterocycles. The zero-order chi connectivity index (χ0) is 18.9. The average Bonchev–Trinajstić information content (AvgIpc) is 3.30. The highest BCUT2D eigenvalue weighted by Crippen LogP contribution is 2.18. The number of hydrogen-bond donors (Lipinski definition) is 1. The Labute approximate surface area is 163 Å². The molecule has 0 aromatic carbocycles. The number of amides is 1. The quantitative estimate of drug-likeness (QED) is 0.553.